The molecule has 5 heteroatoms. The van der Waals surface area contributed by atoms with Crippen LogP contribution in [0.1, 0.15) is 48.5 Å². The highest BCUT2D eigenvalue weighted by molar-refractivity contribution is 5.88. The Kier molecular flexibility index (Phi) is 5.03. The third kappa shape index (κ3) is 3.38. The highest BCUT2D eigenvalue weighted by atomic mass is 16.2. The molecule has 0 saturated heterocycles. The molecule has 5 nitrogen and oxygen atoms in total. The second-order valence-electron chi connectivity index (χ2n) is 8.41. The molecule has 1 aliphatic carbocycles. The number of hydrogen-bond donors (Lipinski definition) is 2. The van der Waals surface area contributed by atoms with Gasteiger partial charge in [-0.25, -0.2) is 0 Å². The fraction of sp³-hybridized carbons (Fsp3) is 0.360. The van der Waals surface area contributed by atoms with E-state index in [1.807, 2.05) is 29.2 Å². The lowest BCUT2D eigenvalue weighted by molar-refractivity contribution is -0.135. The number of para-hydroxylation sites is 1. The Balaban J connectivity index is 1.44. The van der Waals surface area contributed by atoms with E-state index < -0.39 is 0 Å². The maximum atomic E-state index is 13.2. The Labute approximate surface area is 176 Å². The Morgan fingerprint density at radius 1 is 1.00 bits per heavy atom. The van der Waals surface area contributed by atoms with Gasteiger partial charge in [-0.1, -0.05) is 61.4 Å². The van der Waals surface area contributed by atoms with Gasteiger partial charge in [0.05, 0.1) is 12.6 Å². The first-order chi connectivity index (χ1) is 14.7. The minimum atomic E-state index is -0.168. The van der Waals surface area contributed by atoms with E-state index in [2.05, 4.69) is 40.6 Å². The van der Waals surface area contributed by atoms with Crippen LogP contribution in [0, 0.1) is 5.92 Å². The molecule has 3 aromatic rings. The maximum Gasteiger partial charge on any atom is 0.242 e. The number of H-pyrrole nitrogens is 1. The monoisotopic (exact) mass is 401 g/mol. The van der Waals surface area contributed by atoms with E-state index in [0.29, 0.717) is 6.54 Å². The third-order valence-electron chi connectivity index (χ3n) is 6.61. The van der Waals surface area contributed by atoms with Crippen molar-refractivity contribution in [3.8, 4) is 0 Å². The summed E-state index contributed by atoms with van der Waals surface area (Å²) in [6, 6.07) is 18.3. The molecule has 1 aliphatic heterocycles. The fourth-order valence-corrected chi connectivity index (χ4v) is 5.09. The quantitative estimate of drug-likeness (QED) is 0.695. The molecule has 2 aliphatic rings. The van der Waals surface area contributed by atoms with Crippen LogP contribution in [0.2, 0.25) is 0 Å². The van der Waals surface area contributed by atoms with Crippen LogP contribution >= 0.6 is 0 Å². The molecule has 30 heavy (non-hydrogen) atoms. The van der Waals surface area contributed by atoms with Gasteiger partial charge in [0.25, 0.3) is 0 Å². The number of nitrogens with one attached hydrogen (secondary N) is 2. The highest BCUT2D eigenvalue weighted by Crippen LogP contribution is 2.38. The van der Waals surface area contributed by atoms with Crippen LogP contribution in [0.3, 0.4) is 0 Å². The Morgan fingerprint density at radius 2 is 1.73 bits per heavy atom. The van der Waals surface area contributed by atoms with Gasteiger partial charge in [0.1, 0.15) is 0 Å². The molecule has 2 amide bonds. The SMILES string of the molecule is O=C(NCC(=O)N1CCc2c([nH]c3ccccc23)C1c1ccccc1)C1CCCC1. The molecule has 2 N–H and O–H groups in total. The molecule has 0 bridgehead atoms. The lowest BCUT2D eigenvalue weighted by atomic mass is 9.92. The minimum absolute atomic E-state index is 0.0282. The van der Waals surface area contributed by atoms with Crippen molar-refractivity contribution in [2.24, 2.45) is 5.92 Å². The van der Waals surface area contributed by atoms with Crippen molar-refractivity contribution in [1.82, 2.24) is 15.2 Å². The molecule has 154 valence electrons. The third-order valence-corrected chi connectivity index (χ3v) is 6.61. The summed E-state index contributed by atoms with van der Waals surface area (Å²) < 4.78 is 0. The standard InChI is InChI=1S/C25H27N3O2/c29-22(16-26-25(30)18-10-4-5-11-18)28-15-14-20-19-12-6-7-13-21(19)27-23(20)24(28)17-8-2-1-3-9-17/h1-3,6-9,12-13,18,24,27H,4-5,10-11,14-16H2,(H,26,30). The first kappa shape index (κ1) is 18.9. The van der Waals surface area contributed by atoms with E-state index in [1.165, 1.54) is 10.9 Å². The van der Waals surface area contributed by atoms with Gasteiger partial charge in [-0.15, -0.1) is 0 Å². The van der Waals surface area contributed by atoms with Crippen molar-refractivity contribution in [2.45, 2.75) is 38.1 Å². The zero-order valence-electron chi connectivity index (χ0n) is 17.1. The maximum absolute atomic E-state index is 13.2. The molecular weight excluding hydrogens is 374 g/mol. The van der Waals surface area contributed by atoms with Crippen LogP contribution in [0.4, 0.5) is 0 Å². The Bertz CT molecular complexity index is 1070. The van der Waals surface area contributed by atoms with Gasteiger partial charge in [0.15, 0.2) is 0 Å². The molecule has 2 heterocycles. The predicted octanol–water partition coefficient (Wildman–Crippen LogP) is 3.95. The summed E-state index contributed by atoms with van der Waals surface area (Å²) in [6.45, 7) is 0.709. The highest BCUT2D eigenvalue weighted by Gasteiger charge is 2.34. The largest absolute Gasteiger partial charge is 0.356 e. The number of carbonyl (C=O) groups is 2. The molecule has 0 spiro atoms. The van der Waals surface area contributed by atoms with Crippen molar-refractivity contribution in [3.63, 3.8) is 0 Å². The van der Waals surface area contributed by atoms with Crippen LogP contribution in [0.5, 0.6) is 0 Å². The van der Waals surface area contributed by atoms with E-state index >= 15 is 0 Å². The summed E-state index contributed by atoms with van der Waals surface area (Å²) in [5, 5.41) is 4.14. The van der Waals surface area contributed by atoms with Gasteiger partial charge in [-0.3, -0.25) is 9.59 Å². The van der Waals surface area contributed by atoms with E-state index in [0.717, 1.165) is 48.9 Å². The average Bonchev–Trinajstić information content (AvgIpc) is 3.45. The molecule has 1 aromatic heterocycles. The van der Waals surface area contributed by atoms with Gasteiger partial charge in [-0.2, -0.15) is 0 Å². The number of carbonyl (C=O) groups excluding carboxylic acids is 2. The topological polar surface area (TPSA) is 65.2 Å². The number of fused-ring (bicyclic) bond motifs is 3. The van der Waals surface area contributed by atoms with Crippen LogP contribution in [-0.4, -0.2) is 34.8 Å². The molecule has 5 rings (SSSR count). The number of aromatic nitrogens is 1. The number of rotatable bonds is 4. The fourth-order valence-electron chi connectivity index (χ4n) is 5.09. The summed E-state index contributed by atoms with van der Waals surface area (Å²) in [5.74, 6) is 0.0734. The van der Waals surface area contributed by atoms with Crippen LogP contribution in [-0.2, 0) is 16.0 Å². The van der Waals surface area contributed by atoms with Gasteiger partial charge in [0, 0.05) is 29.1 Å². The lowest BCUT2D eigenvalue weighted by Crippen LogP contribution is -2.46. The first-order valence-corrected chi connectivity index (χ1v) is 10.9. The molecule has 2 aromatic carbocycles. The molecule has 0 radical (unpaired) electrons. The minimum Gasteiger partial charge on any atom is -0.356 e. The molecule has 1 saturated carbocycles. The summed E-state index contributed by atoms with van der Waals surface area (Å²) in [4.78, 5) is 31.1. The first-order valence-electron chi connectivity index (χ1n) is 10.9. The van der Waals surface area contributed by atoms with E-state index in [1.54, 1.807) is 0 Å². The second-order valence-corrected chi connectivity index (χ2v) is 8.41. The molecule has 1 atom stereocenters. The average molecular weight is 402 g/mol. The Morgan fingerprint density at radius 3 is 2.53 bits per heavy atom. The number of nitrogens with zero attached hydrogens (tertiary/aromatic N) is 1. The van der Waals surface area contributed by atoms with Gasteiger partial charge >= 0.3 is 0 Å². The summed E-state index contributed by atoms with van der Waals surface area (Å²) in [5.41, 5.74) is 4.57. The molecule has 1 unspecified atom stereocenters. The van der Waals surface area contributed by atoms with Crippen LogP contribution in [0.15, 0.2) is 54.6 Å². The zero-order chi connectivity index (χ0) is 20.5. The van der Waals surface area contributed by atoms with Crippen molar-refractivity contribution >= 4 is 22.7 Å². The van der Waals surface area contributed by atoms with Gasteiger partial charge < -0.3 is 15.2 Å². The van der Waals surface area contributed by atoms with Gasteiger partial charge in [0.2, 0.25) is 11.8 Å². The zero-order valence-corrected chi connectivity index (χ0v) is 17.1. The normalized spacial score (nSPS) is 19.1. The summed E-state index contributed by atoms with van der Waals surface area (Å²) in [6.07, 6.45) is 4.91. The molecular formula is C25H27N3O2. The van der Waals surface area contributed by atoms with E-state index in [-0.39, 0.29) is 30.3 Å². The van der Waals surface area contributed by atoms with Crippen LogP contribution < -0.4 is 5.32 Å². The smallest absolute Gasteiger partial charge is 0.242 e. The van der Waals surface area contributed by atoms with Crippen molar-refractivity contribution in [2.75, 3.05) is 13.1 Å². The molecule has 1 fully saturated rings. The second kappa shape index (κ2) is 7.98. The van der Waals surface area contributed by atoms with E-state index in [4.69, 9.17) is 0 Å². The number of hydrogen-bond acceptors (Lipinski definition) is 2. The number of benzene rings is 2. The van der Waals surface area contributed by atoms with Crippen molar-refractivity contribution in [3.05, 3.63) is 71.4 Å². The predicted molar refractivity (Wildman–Crippen MR) is 117 cm³/mol. The van der Waals surface area contributed by atoms with Gasteiger partial charge in [-0.05, 0) is 36.5 Å². The Hall–Kier alpha value is -3.08. The van der Waals surface area contributed by atoms with Crippen molar-refractivity contribution < 1.29 is 9.59 Å². The van der Waals surface area contributed by atoms with Crippen molar-refractivity contribution in [1.29, 1.82) is 0 Å². The van der Waals surface area contributed by atoms with E-state index in [9.17, 15) is 9.59 Å². The summed E-state index contributed by atoms with van der Waals surface area (Å²) >= 11 is 0. The lowest BCUT2D eigenvalue weighted by Gasteiger charge is -2.36. The number of amides is 2. The number of aromatic amines is 1. The van der Waals surface area contributed by atoms with Crippen LogP contribution in [0.25, 0.3) is 10.9 Å². The summed E-state index contributed by atoms with van der Waals surface area (Å²) in [7, 11) is 0.